The van der Waals surface area contributed by atoms with Gasteiger partial charge in [-0.2, -0.15) is 0 Å². The average Bonchev–Trinajstić information content (AvgIpc) is 2.99. The second kappa shape index (κ2) is 12.1. The summed E-state index contributed by atoms with van der Waals surface area (Å²) in [5.41, 5.74) is 8.38. The van der Waals surface area contributed by atoms with Gasteiger partial charge in [0.15, 0.2) is 0 Å². The van der Waals surface area contributed by atoms with Crippen LogP contribution in [-0.2, 0) is 0 Å². The lowest BCUT2D eigenvalue weighted by Crippen LogP contribution is -2.16. The lowest BCUT2D eigenvalue weighted by Gasteiger charge is -2.35. The Hall–Kier alpha value is -1.96. The molecule has 0 amide bonds. The highest BCUT2D eigenvalue weighted by Crippen LogP contribution is 2.53. The van der Waals surface area contributed by atoms with Crippen molar-refractivity contribution in [3.8, 4) is 22.6 Å². The molecule has 0 radical (unpaired) electrons. The SMILES string of the molecule is Oc1ccc(-c2ccc(O)c(C3CCCCC3)c2C2CCCCC2)c(C2CCCCC2)c1C1CCCCC1. The molecule has 2 aromatic carbocycles. The summed E-state index contributed by atoms with van der Waals surface area (Å²) < 4.78 is 0. The summed E-state index contributed by atoms with van der Waals surface area (Å²) >= 11 is 0. The zero-order chi connectivity index (χ0) is 25.9. The molecule has 0 unspecified atom stereocenters. The number of hydrogen-bond donors (Lipinski definition) is 2. The molecule has 2 heteroatoms. The third-order valence-electron chi connectivity index (χ3n) is 10.9. The zero-order valence-electron chi connectivity index (χ0n) is 23.7. The Morgan fingerprint density at radius 1 is 0.342 bits per heavy atom. The van der Waals surface area contributed by atoms with E-state index in [0.29, 0.717) is 35.2 Å². The maximum atomic E-state index is 11.4. The Labute approximate surface area is 231 Å². The molecule has 206 valence electrons. The zero-order valence-corrected chi connectivity index (χ0v) is 23.7. The summed E-state index contributed by atoms with van der Waals surface area (Å²) in [7, 11) is 0. The number of phenolic OH excluding ortho intramolecular Hbond substituents is 2. The van der Waals surface area contributed by atoms with Crippen LogP contribution in [0.4, 0.5) is 0 Å². The van der Waals surface area contributed by atoms with Crippen molar-refractivity contribution in [2.24, 2.45) is 0 Å². The smallest absolute Gasteiger partial charge is 0.119 e. The molecule has 6 rings (SSSR count). The minimum atomic E-state index is 0.494. The Morgan fingerprint density at radius 2 is 0.605 bits per heavy atom. The van der Waals surface area contributed by atoms with E-state index in [1.165, 1.54) is 162 Å². The second-order valence-corrected chi connectivity index (χ2v) is 13.3. The largest absolute Gasteiger partial charge is 0.508 e. The predicted octanol–water partition coefficient (Wildman–Crippen LogP) is 11.0. The summed E-state index contributed by atoms with van der Waals surface area (Å²) in [5, 5.41) is 22.9. The molecule has 0 atom stereocenters. The van der Waals surface area contributed by atoms with Gasteiger partial charge in [0.2, 0.25) is 0 Å². The van der Waals surface area contributed by atoms with E-state index < -0.39 is 0 Å². The summed E-state index contributed by atoms with van der Waals surface area (Å²) in [6.45, 7) is 0. The van der Waals surface area contributed by atoms with Crippen molar-refractivity contribution in [1.29, 1.82) is 0 Å². The molecule has 2 N–H and O–H groups in total. The summed E-state index contributed by atoms with van der Waals surface area (Å²) in [5.74, 6) is 3.18. The topological polar surface area (TPSA) is 40.5 Å². The number of rotatable bonds is 5. The molecule has 0 heterocycles. The Morgan fingerprint density at radius 3 is 0.895 bits per heavy atom. The van der Waals surface area contributed by atoms with Crippen LogP contribution in [0, 0.1) is 0 Å². The van der Waals surface area contributed by atoms with Gasteiger partial charge in [0.25, 0.3) is 0 Å². The van der Waals surface area contributed by atoms with E-state index in [1.54, 1.807) is 0 Å². The Bertz CT molecular complexity index is 990. The fraction of sp³-hybridized carbons (Fsp3) is 0.667. The molecule has 2 nitrogen and oxygen atoms in total. The van der Waals surface area contributed by atoms with Crippen LogP contribution < -0.4 is 0 Å². The summed E-state index contributed by atoms with van der Waals surface area (Å²) in [6.07, 6.45) is 25.6. The molecule has 0 aliphatic heterocycles. The molecule has 0 spiro atoms. The van der Waals surface area contributed by atoms with E-state index in [2.05, 4.69) is 12.1 Å². The first-order valence-electron chi connectivity index (χ1n) is 16.4. The van der Waals surface area contributed by atoms with Gasteiger partial charge in [-0.05, 0) is 109 Å². The van der Waals surface area contributed by atoms with Gasteiger partial charge in [0.05, 0.1) is 0 Å². The summed E-state index contributed by atoms with van der Waals surface area (Å²) in [6, 6.07) is 8.61. The standard InChI is InChI=1S/C36H50O2/c37-31-23-21-29(33(25-13-5-1-6-14-25)35(31)27-17-9-3-10-18-27)30-22-24-32(38)36(28-19-11-4-12-20-28)34(30)26-15-7-2-8-16-26/h21-28,37-38H,1-20H2. The lowest BCUT2D eigenvalue weighted by atomic mass is 9.70. The van der Waals surface area contributed by atoms with Gasteiger partial charge < -0.3 is 10.2 Å². The van der Waals surface area contributed by atoms with E-state index in [-0.39, 0.29) is 0 Å². The van der Waals surface area contributed by atoms with Crippen molar-refractivity contribution >= 4 is 0 Å². The van der Waals surface area contributed by atoms with Gasteiger partial charge in [0.1, 0.15) is 11.5 Å². The van der Waals surface area contributed by atoms with Crippen molar-refractivity contribution in [3.63, 3.8) is 0 Å². The third-order valence-corrected chi connectivity index (χ3v) is 10.9. The molecule has 4 fully saturated rings. The van der Waals surface area contributed by atoms with Crippen molar-refractivity contribution < 1.29 is 10.2 Å². The van der Waals surface area contributed by atoms with Crippen LogP contribution in [-0.4, -0.2) is 10.2 Å². The highest BCUT2D eigenvalue weighted by atomic mass is 16.3. The second-order valence-electron chi connectivity index (χ2n) is 13.3. The van der Waals surface area contributed by atoms with Crippen LogP contribution in [0.1, 0.15) is 174 Å². The van der Waals surface area contributed by atoms with Gasteiger partial charge in [-0.25, -0.2) is 0 Å². The monoisotopic (exact) mass is 514 g/mol. The highest BCUT2D eigenvalue weighted by Gasteiger charge is 2.33. The number of hydrogen-bond acceptors (Lipinski definition) is 2. The first kappa shape index (κ1) is 26.3. The Balaban J connectivity index is 1.56. The summed E-state index contributed by atoms with van der Waals surface area (Å²) in [4.78, 5) is 0. The first-order valence-corrected chi connectivity index (χ1v) is 16.4. The van der Waals surface area contributed by atoms with Crippen molar-refractivity contribution in [1.82, 2.24) is 0 Å². The van der Waals surface area contributed by atoms with Gasteiger partial charge in [-0.1, -0.05) is 89.2 Å². The van der Waals surface area contributed by atoms with E-state index in [9.17, 15) is 10.2 Å². The molecule has 0 bridgehead atoms. The molecule has 4 aliphatic carbocycles. The van der Waals surface area contributed by atoms with Crippen LogP contribution in [0.5, 0.6) is 11.5 Å². The molecule has 2 aromatic rings. The number of benzene rings is 2. The van der Waals surface area contributed by atoms with Crippen LogP contribution in [0.3, 0.4) is 0 Å². The molecule has 0 aromatic heterocycles. The molecular weight excluding hydrogens is 464 g/mol. The molecule has 4 saturated carbocycles. The maximum absolute atomic E-state index is 11.4. The van der Waals surface area contributed by atoms with Gasteiger partial charge in [0, 0.05) is 11.1 Å². The molecular formula is C36H50O2. The van der Waals surface area contributed by atoms with Crippen molar-refractivity contribution in [2.45, 2.75) is 152 Å². The number of aromatic hydroxyl groups is 2. The lowest BCUT2D eigenvalue weighted by molar-refractivity contribution is 0.396. The number of phenols is 2. The third kappa shape index (κ3) is 5.26. The highest BCUT2D eigenvalue weighted by molar-refractivity contribution is 5.77. The van der Waals surface area contributed by atoms with E-state index in [1.807, 2.05) is 12.1 Å². The minimum absolute atomic E-state index is 0.494. The predicted molar refractivity (Wildman–Crippen MR) is 159 cm³/mol. The van der Waals surface area contributed by atoms with Crippen LogP contribution in [0.25, 0.3) is 11.1 Å². The van der Waals surface area contributed by atoms with Gasteiger partial charge in [-0.3, -0.25) is 0 Å². The molecule has 4 aliphatic rings. The maximum Gasteiger partial charge on any atom is 0.119 e. The van der Waals surface area contributed by atoms with E-state index in [0.717, 1.165) is 0 Å². The Kier molecular flexibility index (Phi) is 8.33. The van der Waals surface area contributed by atoms with Gasteiger partial charge >= 0.3 is 0 Å². The molecule has 38 heavy (non-hydrogen) atoms. The fourth-order valence-corrected chi connectivity index (χ4v) is 9.02. The fourth-order valence-electron chi connectivity index (χ4n) is 9.02. The molecule has 0 saturated heterocycles. The minimum Gasteiger partial charge on any atom is -0.508 e. The normalized spacial score (nSPS) is 23.1. The van der Waals surface area contributed by atoms with Gasteiger partial charge in [-0.15, -0.1) is 0 Å². The van der Waals surface area contributed by atoms with Crippen molar-refractivity contribution in [2.75, 3.05) is 0 Å². The van der Waals surface area contributed by atoms with Crippen LogP contribution in [0.2, 0.25) is 0 Å². The average molecular weight is 515 g/mol. The first-order chi connectivity index (χ1) is 18.7. The van der Waals surface area contributed by atoms with E-state index in [4.69, 9.17) is 0 Å². The quantitative estimate of drug-likeness (QED) is 0.416. The van der Waals surface area contributed by atoms with Crippen molar-refractivity contribution in [3.05, 3.63) is 46.5 Å². The van der Waals surface area contributed by atoms with E-state index >= 15 is 0 Å². The van der Waals surface area contributed by atoms with Crippen LogP contribution >= 0.6 is 0 Å². The van der Waals surface area contributed by atoms with Crippen LogP contribution in [0.15, 0.2) is 24.3 Å².